The first-order valence-corrected chi connectivity index (χ1v) is 3.78. The summed E-state index contributed by atoms with van der Waals surface area (Å²) in [5.74, 6) is 3.66. The molecule has 74 valence electrons. The summed E-state index contributed by atoms with van der Waals surface area (Å²) < 4.78 is 0. The van der Waals surface area contributed by atoms with Crippen LogP contribution in [0.1, 0.15) is 20.8 Å². The molecule has 6 heteroatoms. The lowest BCUT2D eigenvalue weighted by molar-refractivity contribution is 0.0502. The second-order valence-electron chi connectivity index (χ2n) is 2.42. The smallest absolute Gasteiger partial charge is 0.358 e. The van der Waals surface area contributed by atoms with Gasteiger partial charge in [0.15, 0.2) is 0 Å². The lowest BCUT2D eigenvalue weighted by atomic mass is 10.2. The van der Waals surface area contributed by atoms with E-state index in [1.54, 1.807) is 0 Å². The standard InChI is InChI=1S/C8H9N3O3/c1-10-7(12)6-3-2-5(4-11-6)8(13)14-9/h2-4H,9H2,1H3,(H,10,12). The molecule has 1 rings (SSSR count). The van der Waals surface area contributed by atoms with Crippen LogP contribution in [0.15, 0.2) is 18.3 Å². The van der Waals surface area contributed by atoms with Crippen molar-refractivity contribution < 1.29 is 14.4 Å². The molecule has 1 aromatic heterocycles. The first kappa shape index (κ1) is 10.1. The van der Waals surface area contributed by atoms with E-state index >= 15 is 0 Å². The van der Waals surface area contributed by atoms with Crippen LogP contribution in [0, 0.1) is 0 Å². The molecule has 14 heavy (non-hydrogen) atoms. The number of carbonyl (C=O) groups excluding carboxylic acids is 2. The van der Waals surface area contributed by atoms with Crippen molar-refractivity contribution in [1.29, 1.82) is 0 Å². The minimum Gasteiger partial charge on any atom is -0.370 e. The SMILES string of the molecule is CNC(=O)c1ccc(C(=O)ON)cn1. The van der Waals surface area contributed by atoms with E-state index in [2.05, 4.69) is 21.0 Å². The highest BCUT2D eigenvalue weighted by atomic mass is 16.7. The van der Waals surface area contributed by atoms with Crippen molar-refractivity contribution in [3.8, 4) is 0 Å². The van der Waals surface area contributed by atoms with Gasteiger partial charge in [0.2, 0.25) is 0 Å². The molecule has 0 saturated carbocycles. The molecule has 1 aromatic rings. The summed E-state index contributed by atoms with van der Waals surface area (Å²) in [4.78, 5) is 29.7. The molecule has 0 saturated heterocycles. The highest BCUT2D eigenvalue weighted by molar-refractivity contribution is 5.93. The van der Waals surface area contributed by atoms with Crippen molar-refractivity contribution in [2.45, 2.75) is 0 Å². The molecule has 1 amide bonds. The van der Waals surface area contributed by atoms with E-state index in [0.717, 1.165) is 0 Å². The number of hydrogen-bond acceptors (Lipinski definition) is 5. The maximum absolute atomic E-state index is 11.0. The highest BCUT2D eigenvalue weighted by Crippen LogP contribution is 2.01. The number of nitrogens with zero attached hydrogens (tertiary/aromatic N) is 1. The molecule has 0 aliphatic carbocycles. The Balaban J connectivity index is 2.89. The lowest BCUT2D eigenvalue weighted by Gasteiger charge is -1.99. The molecule has 0 aliphatic heterocycles. The number of aromatic nitrogens is 1. The number of nitrogens with two attached hydrogens (primary N) is 1. The predicted octanol–water partition coefficient (Wildman–Crippen LogP) is -0.528. The Kier molecular flexibility index (Phi) is 3.14. The largest absolute Gasteiger partial charge is 0.370 e. The zero-order valence-electron chi connectivity index (χ0n) is 7.48. The zero-order chi connectivity index (χ0) is 10.6. The molecule has 0 spiro atoms. The van der Waals surface area contributed by atoms with Crippen LogP contribution in [-0.4, -0.2) is 23.9 Å². The van der Waals surface area contributed by atoms with Gasteiger partial charge in [0, 0.05) is 13.2 Å². The molecule has 6 nitrogen and oxygen atoms in total. The third-order valence-electron chi connectivity index (χ3n) is 1.57. The Morgan fingerprint density at radius 1 is 1.50 bits per heavy atom. The number of pyridine rings is 1. The Morgan fingerprint density at radius 3 is 2.64 bits per heavy atom. The second-order valence-corrected chi connectivity index (χ2v) is 2.42. The quantitative estimate of drug-likeness (QED) is 0.619. The molecule has 0 aliphatic rings. The number of nitrogens with one attached hydrogen (secondary N) is 1. The molecule has 3 N–H and O–H groups in total. The maximum atomic E-state index is 11.0. The van der Waals surface area contributed by atoms with Gasteiger partial charge in [0.25, 0.3) is 5.91 Å². The molecule has 0 aromatic carbocycles. The first-order chi connectivity index (χ1) is 6.69. The highest BCUT2D eigenvalue weighted by Gasteiger charge is 2.08. The number of rotatable bonds is 2. The summed E-state index contributed by atoms with van der Waals surface area (Å²) in [7, 11) is 1.49. The van der Waals surface area contributed by atoms with Gasteiger partial charge in [-0.05, 0) is 12.1 Å². The summed E-state index contributed by atoms with van der Waals surface area (Å²) in [5.41, 5.74) is 0.418. The van der Waals surface area contributed by atoms with Crippen LogP contribution in [0.25, 0.3) is 0 Å². The maximum Gasteiger partial charge on any atom is 0.358 e. The van der Waals surface area contributed by atoms with Gasteiger partial charge in [-0.2, -0.15) is 5.90 Å². The van der Waals surface area contributed by atoms with Crippen LogP contribution in [-0.2, 0) is 4.84 Å². The summed E-state index contributed by atoms with van der Waals surface area (Å²) in [5, 5.41) is 2.40. The van der Waals surface area contributed by atoms with Crippen molar-refractivity contribution in [3.05, 3.63) is 29.6 Å². The third kappa shape index (κ3) is 2.05. The van der Waals surface area contributed by atoms with E-state index in [9.17, 15) is 9.59 Å². The normalized spacial score (nSPS) is 9.29. The number of amides is 1. The van der Waals surface area contributed by atoms with Gasteiger partial charge in [-0.1, -0.05) is 0 Å². The topological polar surface area (TPSA) is 94.3 Å². The van der Waals surface area contributed by atoms with E-state index in [-0.39, 0.29) is 17.2 Å². The molecular weight excluding hydrogens is 186 g/mol. The van der Waals surface area contributed by atoms with E-state index in [0.29, 0.717) is 0 Å². The molecule has 0 unspecified atom stereocenters. The zero-order valence-corrected chi connectivity index (χ0v) is 7.48. The van der Waals surface area contributed by atoms with E-state index in [1.165, 1.54) is 25.4 Å². The van der Waals surface area contributed by atoms with Crippen molar-refractivity contribution in [1.82, 2.24) is 10.3 Å². The molecule has 0 bridgehead atoms. The summed E-state index contributed by atoms with van der Waals surface area (Å²) in [6.45, 7) is 0. The number of carbonyl (C=O) groups is 2. The number of hydrogen-bond donors (Lipinski definition) is 2. The van der Waals surface area contributed by atoms with Gasteiger partial charge >= 0.3 is 5.97 Å². The van der Waals surface area contributed by atoms with E-state index in [1.807, 2.05) is 0 Å². The van der Waals surface area contributed by atoms with Gasteiger partial charge in [0.1, 0.15) is 5.69 Å². The monoisotopic (exact) mass is 195 g/mol. The van der Waals surface area contributed by atoms with Crippen LogP contribution in [0.3, 0.4) is 0 Å². The Hall–Kier alpha value is -1.95. The fourth-order valence-electron chi connectivity index (χ4n) is 0.845. The second kappa shape index (κ2) is 4.33. The fourth-order valence-corrected chi connectivity index (χ4v) is 0.845. The van der Waals surface area contributed by atoms with Crippen LogP contribution < -0.4 is 11.2 Å². The van der Waals surface area contributed by atoms with Crippen molar-refractivity contribution >= 4 is 11.9 Å². The minimum atomic E-state index is -0.694. The van der Waals surface area contributed by atoms with Crippen molar-refractivity contribution in [2.24, 2.45) is 5.90 Å². The van der Waals surface area contributed by atoms with Crippen molar-refractivity contribution in [2.75, 3.05) is 7.05 Å². The Labute approximate surface area is 80.0 Å². The summed E-state index contributed by atoms with van der Waals surface area (Å²) in [6.07, 6.45) is 1.22. The lowest BCUT2D eigenvalue weighted by Crippen LogP contribution is -2.19. The van der Waals surface area contributed by atoms with Crippen LogP contribution in [0.4, 0.5) is 0 Å². The average Bonchev–Trinajstić information content (AvgIpc) is 2.27. The molecule has 0 fully saturated rings. The van der Waals surface area contributed by atoms with Crippen LogP contribution >= 0.6 is 0 Å². The summed E-state index contributed by atoms with van der Waals surface area (Å²) >= 11 is 0. The van der Waals surface area contributed by atoms with E-state index in [4.69, 9.17) is 0 Å². The van der Waals surface area contributed by atoms with Gasteiger partial charge < -0.3 is 10.2 Å². The molecule has 0 atom stereocenters. The first-order valence-electron chi connectivity index (χ1n) is 3.78. The fraction of sp³-hybridized carbons (Fsp3) is 0.125. The third-order valence-corrected chi connectivity index (χ3v) is 1.57. The van der Waals surface area contributed by atoms with Crippen LogP contribution in [0.2, 0.25) is 0 Å². The molecular formula is C8H9N3O3. The average molecular weight is 195 g/mol. The molecule has 0 radical (unpaired) electrons. The Morgan fingerprint density at radius 2 is 2.21 bits per heavy atom. The summed E-state index contributed by atoms with van der Waals surface area (Å²) in [6, 6.07) is 2.82. The Bertz CT molecular complexity index is 312. The van der Waals surface area contributed by atoms with Crippen LogP contribution in [0.5, 0.6) is 0 Å². The molecule has 1 heterocycles. The van der Waals surface area contributed by atoms with Gasteiger partial charge in [-0.3, -0.25) is 9.78 Å². The van der Waals surface area contributed by atoms with E-state index < -0.39 is 5.97 Å². The van der Waals surface area contributed by atoms with Gasteiger partial charge in [-0.25, -0.2) is 4.79 Å². The van der Waals surface area contributed by atoms with Gasteiger partial charge in [0.05, 0.1) is 5.56 Å². The predicted molar refractivity (Wildman–Crippen MR) is 47.2 cm³/mol. The van der Waals surface area contributed by atoms with Gasteiger partial charge in [-0.15, -0.1) is 0 Å². The minimum absolute atomic E-state index is 0.195. The van der Waals surface area contributed by atoms with Crippen molar-refractivity contribution in [3.63, 3.8) is 0 Å².